The van der Waals surface area contributed by atoms with Crippen LogP contribution >= 0.6 is 0 Å². The Kier molecular flexibility index (Phi) is 4.78. The van der Waals surface area contributed by atoms with Crippen LogP contribution in [0.3, 0.4) is 0 Å². The second kappa shape index (κ2) is 7.09. The van der Waals surface area contributed by atoms with E-state index < -0.39 is 10.0 Å². The number of hydrogen-bond donors (Lipinski definition) is 1. The van der Waals surface area contributed by atoms with Gasteiger partial charge in [0.15, 0.2) is 0 Å². The van der Waals surface area contributed by atoms with Gasteiger partial charge in [0.1, 0.15) is 0 Å². The maximum atomic E-state index is 12.9. The molecule has 27 heavy (non-hydrogen) atoms. The Balaban J connectivity index is 1.65. The molecule has 0 fully saturated rings. The first-order valence-corrected chi connectivity index (χ1v) is 11.1. The Morgan fingerprint density at radius 1 is 1.15 bits per heavy atom. The number of carbonyl (C=O) groups excluding carboxylic acids is 1. The van der Waals surface area contributed by atoms with E-state index in [2.05, 4.69) is 10.8 Å². The molecule has 1 heterocycles. The highest BCUT2D eigenvalue weighted by Crippen LogP contribution is 2.39. The summed E-state index contributed by atoms with van der Waals surface area (Å²) in [6.45, 7) is 2.88. The van der Waals surface area contributed by atoms with Gasteiger partial charge < -0.3 is 4.90 Å². The Morgan fingerprint density at radius 3 is 2.74 bits per heavy atom. The molecular weight excluding hydrogens is 360 g/mol. The quantitative estimate of drug-likeness (QED) is 0.766. The maximum Gasteiger partial charge on any atom is 0.258 e. The van der Waals surface area contributed by atoms with Crippen LogP contribution in [-0.4, -0.2) is 27.4 Å². The van der Waals surface area contributed by atoms with Crippen molar-refractivity contribution in [2.45, 2.75) is 43.9 Å². The summed E-state index contributed by atoms with van der Waals surface area (Å²) in [6.07, 6.45) is 7.57. The number of benzene rings is 2. The minimum Gasteiger partial charge on any atom is -0.308 e. The number of nitrogens with zero attached hydrogens (tertiary/aromatic N) is 1. The van der Waals surface area contributed by atoms with Crippen LogP contribution in [0.15, 0.2) is 46.9 Å². The van der Waals surface area contributed by atoms with Gasteiger partial charge in [-0.25, -0.2) is 13.1 Å². The van der Waals surface area contributed by atoms with Crippen molar-refractivity contribution in [2.24, 2.45) is 0 Å². The number of nitrogens with one attached hydrogen (secondary N) is 1. The lowest BCUT2D eigenvalue weighted by molar-refractivity contribution is 0.0994. The van der Waals surface area contributed by atoms with E-state index in [4.69, 9.17) is 0 Å². The number of carbonyl (C=O) groups is 1. The van der Waals surface area contributed by atoms with Crippen molar-refractivity contribution in [3.63, 3.8) is 0 Å². The maximum absolute atomic E-state index is 12.9. The van der Waals surface area contributed by atoms with Crippen LogP contribution in [0, 0.1) is 0 Å². The largest absolute Gasteiger partial charge is 0.308 e. The molecule has 0 radical (unpaired) electrons. The van der Waals surface area contributed by atoms with Crippen molar-refractivity contribution in [3.8, 4) is 0 Å². The molecule has 2 aliphatic rings. The number of allylic oxidation sites excluding steroid dienone is 1. The van der Waals surface area contributed by atoms with Gasteiger partial charge in [-0.1, -0.05) is 23.8 Å². The second-order valence-electron chi connectivity index (χ2n) is 7.12. The lowest BCUT2D eigenvalue weighted by Crippen LogP contribution is -2.26. The molecule has 142 valence electrons. The molecule has 0 aromatic heterocycles. The van der Waals surface area contributed by atoms with Gasteiger partial charge in [0.2, 0.25) is 10.0 Å². The molecule has 1 aliphatic carbocycles. The van der Waals surface area contributed by atoms with Crippen LogP contribution in [-0.2, 0) is 10.0 Å². The van der Waals surface area contributed by atoms with Gasteiger partial charge in [0.05, 0.1) is 10.6 Å². The highest BCUT2D eigenvalue weighted by atomic mass is 32.2. The zero-order chi connectivity index (χ0) is 19.0. The van der Waals surface area contributed by atoms with E-state index in [9.17, 15) is 13.2 Å². The number of hydrogen-bond acceptors (Lipinski definition) is 3. The van der Waals surface area contributed by atoms with Crippen molar-refractivity contribution >= 4 is 32.4 Å². The topological polar surface area (TPSA) is 66.5 Å². The zero-order valence-electron chi connectivity index (χ0n) is 15.5. The van der Waals surface area contributed by atoms with Gasteiger partial charge >= 0.3 is 0 Å². The van der Waals surface area contributed by atoms with E-state index in [1.54, 1.807) is 35.2 Å². The molecule has 0 atom stereocenters. The van der Waals surface area contributed by atoms with Crippen molar-refractivity contribution in [1.82, 2.24) is 4.72 Å². The molecule has 1 N–H and O–H groups in total. The SMILES string of the molecule is CCN1C(=O)c2cccc3c(S(=O)(=O)NCCC4=CCCCC4)ccc1c23. The molecule has 0 saturated carbocycles. The summed E-state index contributed by atoms with van der Waals surface area (Å²) in [7, 11) is -3.64. The predicted molar refractivity (Wildman–Crippen MR) is 108 cm³/mol. The standard InChI is InChI=1S/C21H24N2O3S/c1-2-23-18-11-12-19(16-9-6-10-17(20(16)18)21(23)24)27(25,26)22-14-13-15-7-4-3-5-8-15/h6-7,9-12,22H,2-5,8,13-14H2,1H3. The molecule has 5 nitrogen and oxygen atoms in total. The molecule has 1 amide bonds. The third-order valence-corrected chi connectivity index (χ3v) is 6.99. The Bertz CT molecular complexity index is 1040. The van der Waals surface area contributed by atoms with Crippen molar-refractivity contribution in [2.75, 3.05) is 18.0 Å². The smallest absolute Gasteiger partial charge is 0.258 e. The molecule has 4 rings (SSSR count). The van der Waals surface area contributed by atoms with Crippen LogP contribution in [0.25, 0.3) is 10.8 Å². The summed E-state index contributed by atoms with van der Waals surface area (Å²) in [5, 5.41) is 1.35. The highest BCUT2D eigenvalue weighted by Gasteiger charge is 2.31. The average Bonchev–Trinajstić information content (AvgIpc) is 2.96. The van der Waals surface area contributed by atoms with E-state index in [-0.39, 0.29) is 10.8 Å². The molecule has 6 heteroatoms. The van der Waals surface area contributed by atoms with Gasteiger partial charge in [-0.2, -0.15) is 0 Å². The van der Waals surface area contributed by atoms with E-state index in [0.717, 1.165) is 30.3 Å². The minimum atomic E-state index is -3.64. The van der Waals surface area contributed by atoms with E-state index in [1.807, 2.05) is 6.92 Å². The van der Waals surface area contributed by atoms with Gasteiger partial charge in [-0.15, -0.1) is 0 Å². The first-order valence-electron chi connectivity index (χ1n) is 9.58. The summed E-state index contributed by atoms with van der Waals surface area (Å²) < 4.78 is 28.6. The lowest BCUT2D eigenvalue weighted by atomic mass is 9.97. The average molecular weight is 385 g/mol. The lowest BCUT2D eigenvalue weighted by Gasteiger charge is -2.16. The van der Waals surface area contributed by atoms with Crippen LogP contribution in [0.2, 0.25) is 0 Å². The normalized spacial score (nSPS) is 16.9. The summed E-state index contributed by atoms with van der Waals surface area (Å²) in [6, 6.07) is 8.67. The monoisotopic (exact) mass is 384 g/mol. The molecule has 0 saturated heterocycles. The Labute approximate surface area is 160 Å². The Morgan fingerprint density at radius 2 is 2.00 bits per heavy atom. The van der Waals surface area contributed by atoms with Crippen molar-refractivity contribution in [3.05, 3.63) is 47.5 Å². The molecule has 0 bridgehead atoms. The van der Waals surface area contributed by atoms with Crippen molar-refractivity contribution in [1.29, 1.82) is 0 Å². The van der Waals surface area contributed by atoms with E-state index in [1.165, 1.54) is 18.4 Å². The van der Waals surface area contributed by atoms with Crippen molar-refractivity contribution < 1.29 is 13.2 Å². The highest BCUT2D eigenvalue weighted by molar-refractivity contribution is 7.89. The second-order valence-corrected chi connectivity index (χ2v) is 8.85. The van der Waals surface area contributed by atoms with Gasteiger partial charge in [-0.05, 0) is 57.2 Å². The molecule has 0 spiro atoms. The fraction of sp³-hybridized carbons (Fsp3) is 0.381. The first kappa shape index (κ1) is 18.2. The molecule has 2 aromatic carbocycles. The molecule has 1 aliphatic heterocycles. The number of rotatable bonds is 6. The summed E-state index contributed by atoms with van der Waals surface area (Å²) in [4.78, 5) is 14.5. The molecule has 0 unspecified atom stereocenters. The fourth-order valence-electron chi connectivity index (χ4n) is 4.12. The fourth-order valence-corrected chi connectivity index (χ4v) is 5.36. The third-order valence-electron chi connectivity index (χ3n) is 5.47. The van der Waals surface area contributed by atoms with Gasteiger partial charge in [-0.3, -0.25) is 4.79 Å². The van der Waals surface area contributed by atoms with Crippen LogP contribution in [0.5, 0.6) is 0 Å². The van der Waals surface area contributed by atoms with Crippen LogP contribution in [0.1, 0.15) is 49.4 Å². The first-order chi connectivity index (χ1) is 13.0. The molecular formula is C21H24N2O3S. The predicted octanol–water partition coefficient (Wildman–Crippen LogP) is 3.99. The third kappa shape index (κ3) is 3.17. The molecule has 2 aromatic rings. The number of anilines is 1. The summed E-state index contributed by atoms with van der Waals surface area (Å²) in [5.74, 6) is -0.0650. The van der Waals surface area contributed by atoms with Crippen LogP contribution < -0.4 is 9.62 Å². The van der Waals surface area contributed by atoms with E-state index in [0.29, 0.717) is 24.0 Å². The van der Waals surface area contributed by atoms with Gasteiger partial charge in [0.25, 0.3) is 5.91 Å². The summed E-state index contributed by atoms with van der Waals surface area (Å²) in [5.41, 5.74) is 2.71. The summed E-state index contributed by atoms with van der Waals surface area (Å²) >= 11 is 0. The minimum absolute atomic E-state index is 0.0650. The number of sulfonamides is 1. The van der Waals surface area contributed by atoms with Crippen LogP contribution in [0.4, 0.5) is 5.69 Å². The van der Waals surface area contributed by atoms with Gasteiger partial charge in [0, 0.05) is 29.4 Å². The van der Waals surface area contributed by atoms with E-state index >= 15 is 0 Å². The number of amides is 1. The Hall–Kier alpha value is -2.18. The zero-order valence-corrected chi connectivity index (χ0v) is 16.3.